The zero-order valence-electron chi connectivity index (χ0n) is 14.7. The van der Waals surface area contributed by atoms with E-state index in [2.05, 4.69) is 5.32 Å². The number of anilines is 1. The van der Waals surface area contributed by atoms with Crippen molar-refractivity contribution in [3.63, 3.8) is 0 Å². The maximum Gasteiger partial charge on any atom is 0.254 e. The molecule has 1 aromatic carbocycles. The number of aliphatic hydroxyl groups excluding tert-OH is 1. The Hall–Kier alpha value is -1.59. The van der Waals surface area contributed by atoms with Gasteiger partial charge < -0.3 is 20.1 Å². The number of rotatable bonds is 3. The maximum atomic E-state index is 12.7. The summed E-state index contributed by atoms with van der Waals surface area (Å²) in [5, 5.41) is 13.4. The smallest absolute Gasteiger partial charge is 0.254 e. The number of ether oxygens (including phenoxy) is 1. The molecule has 25 heavy (non-hydrogen) atoms. The van der Waals surface area contributed by atoms with E-state index < -0.39 is 0 Å². The van der Waals surface area contributed by atoms with Crippen molar-refractivity contribution in [3.8, 4) is 0 Å². The summed E-state index contributed by atoms with van der Waals surface area (Å²) in [6.45, 7) is 2.00. The average Bonchev–Trinajstić information content (AvgIpc) is 2.60. The summed E-state index contributed by atoms with van der Waals surface area (Å²) in [6, 6.07) is 8.20. The number of aliphatic hydroxyl groups is 1. The van der Waals surface area contributed by atoms with Crippen LogP contribution in [0.3, 0.4) is 0 Å². The Labute approximate surface area is 149 Å². The zero-order chi connectivity index (χ0) is 17.3. The van der Waals surface area contributed by atoms with Gasteiger partial charge in [0, 0.05) is 37.0 Å². The van der Waals surface area contributed by atoms with Crippen molar-refractivity contribution < 1.29 is 14.6 Å². The number of nitrogens with zero attached hydrogens (tertiary/aromatic N) is 1. The molecule has 136 valence electrons. The topological polar surface area (TPSA) is 61.8 Å². The molecule has 3 aliphatic rings. The molecule has 1 saturated carbocycles. The SMILES string of the molecule is O=C(c1cccc(N[C@@H]2CCOC3(CCC3)C2)c1)N1CCC[C@@H](O)C1. The van der Waals surface area contributed by atoms with Crippen LogP contribution in [0.15, 0.2) is 24.3 Å². The van der Waals surface area contributed by atoms with Gasteiger partial charge >= 0.3 is 0 Å². The zero-order valence-corrected chi connectivity index (χ0v) is 14.7. The van der Waals surface area contributed by atoms with Crippen molar-refractivity contribution >= 4 is 11.6 Å². The highest BCUT2D eigenvalue weighted by molar-refractivity contribution is 5.95. The number of carbonyl (C=O) groups excluding carboxylic acids is 1. The molecule has 5 heteroatoms. The Bertz CT molecular complexity index is 629. The van der Waals surface area contributed by atoms with Crippen LogP contribution < -0.4 is 5.32 Å². The second-order valence-electron chi connectivity index (χ2n) is 7.85. The number of β-amino-alcohol motifs (C(OH)–C–C–N with tert-alkyl or cyclic N) is 1. The van der Waals surface area contributed by atoms with E-state index in [1.54, 1.807) is 4.90 Å². The molecule has 0 bridgehead atoms. The highest BCUT2D eigenvalue weighted by atomic mass is 16.5. The van der Waals surface area contributed by atoms with Gasteiger partial charge in [0.2, 0.25) is 0 Å². The highest BCUT2D eigenvalue weighted by Gasteiger charge is 2.42. The molecule has 3 fully saturated rings. The first-order valence-electron chi connectivity index (χ1n) is 9.61. The van der Waals surface area contributed by atoms with Crippen LogP contribution in [-0.4, -0.2) is 53.4 Å². The minimum atomic E-state index is -0.389. The van der Waals surface area contributed by atoms with E-state index in [4.69, 9.17) is 4.74 Å². The molecular formula is C20H28N2O3. The van der Waals surface area contributed by atoms with Crippen LogP contribution in [0.5, 0.6) is 0 Å². The number of amides is 1. The van der Waals surface area contributed by atoms with Crippen LogP contribution in [0.4, 0.5) is 5.69 Å². The van der Waals surface area contributed by atoms with Gasteiger partial charge in [0.25, 0.3) is 5.91 Å². The monoisotopic (exact) mass is 344 g/mol. The predicted molar refractivity (Wildman–Crippen MR) is 96.8 cm³/mol. The van der Waals surface area contributed by atoms with E-state index in [0.29, 0.717) is 18.2 Å². The van der Waals surface area contributed by atoms with Crippen molar-refractivity contribution in [1.82, 2.24) is 4.90 Å². The van der Waals surface area contributed by atoms with Gasteiger partial charge in [-0.05, 0) is 63.1 Å². The minimum absolute atomic E-state index is 0.0184. The van der Waals surface area contributed by atoms with Crippen LogP contribution in [0.1, 0.15) is 55.3 Å². The molecule has 1 amide bonds. The summed E-state index contributed by atoms with van der Waals surface area (Å²) in [7, 11) is 0. The molecule has 1 aliphatic carbocycles. The summed E-state index contributed by atoms with van der Waals surface area (Å²) >= 11 is 0. The van der Waals surface area contributed by atoms with E-state index in [-0.39, 0.29) is 17.6 Å². The van der Waals surface area contributed by atoms with Crippen molar-refractivity contribution in [3.05, 3.63) is 29.8 Å². The first-order valence-corrected chi connectivity index (χ1v) is 9.61. The number of hydrogen-bond donors (Lipinski definition) is 2. The summed E-state index contributed by atoms with van der Waals surface area (Å²) in [4.78, 5) is 14.5. The lowest BCUT2D eigenvalue weighted by Gasteiger charge is -2.47. The van der Waals surface area contributed by atoms with E-state index in [1.807, 2.05) is 24.3 Å². The normalized spacial score (nSPS) is 28.4. The standard InChI is InChI=1S/C20H28N2O3/c23-18-6-2-10-22(14-18)19(24)15-4-1-5-16(12-15)21-17-7-11-25-20(13-17)8-3-9-20/h1,4-5,12,17-18,21,23H,2-3,6-11,13-14H2/t17-,18-/m1/s1. The largest absolute Gasteiger partial charge is 0.391 e. The number of carbonyl (C=O) groups is 1. The molecular weight excluding hydrogens is 316 g/mol. The van der Waals surface area contributed by atoms with E-state index in [9.17, 15) is 9.90 Å². The first-order chi connectivity index (χ1) is 12.1. The Morgan fingerprint density at radius 2 is 2.16 bits per heavy atom. The molecule has 1 spiro atoms. The molecule has 0 radical (unpaired) electrons. The van der Waals surface area contributed by atoms with Crippen LogP contribution in [0, 0.1) is 0 Å². The number of hydrogen-bond acceptors (Lipinski definition) is 4. The fraction of sp³-hybridized carbons (Fsp3) is 0.650. The first kappa shape index (κ1) is 16.9. The number of nitrogens with one attached hydrogen (secondary N) is 1. The Morgan fingerprint density at radius 1 is 1.28 bits per heavy atom. The van der Waals surface area contributed by atoms with Gasteiger partial charge in [0.05, 0.1) is 11.7 Å². The Balaban J connectivity index is 1.41. The van der Waals surface area contributed by atoms with Crippen LogP contribution in [0.25, 0.3) is 0 Å². The molecule has 5 nitrogen and oxygen atoms in total. The quantitative estimate of drug-likeness (QED) is 0.885. The fourth-order valence-electron chi connectivity index (χ4n) is 4.37. The molecule has 2 N–H and O–H groups in total. The van der Waals surface area contributed by atoms with Gasteiger partial charge in [0.1, 0.15) is 0 Å². The van der Waals surface area contributed by atoms with Crippen LogP contribution in [-0.2, 0) is 4.74 Å². The second kappa shape index (κ2) is 6.96. The lowest BCUT2D eigenvalue weighted by molar-refractivity contribution is -0.130. The van der Waals surface area contributed by atoms with Crippen molar-refractivity contribution in [2.24, 2.45) is 0 Å². The summed E-state index contributed by atoms with van der Waals surface area (Å²) in [5.41, 5.74) is 1.82. The number of likely N-dealkylation sites (tertiary alicyclic amines) is 1. The van der Waals surface area contributed by atoms with E-state index in [1.165, 1.54) is 19.3 Å². The summed E-state index contributed by atoms with van der Waals surface area (Å²) in [6.07, 6.45) is 6.98. The molecule has 0 unspecified atom stereocenters. The molecule has 2 atom stereocenters. The highest BCUT2D eigenvalue weighted by Crippen LogP contribution is 2.42. The van der Waals surface area contributed by atoms with Crippen molar-refractivity contribution in [2.45, 2.75) is 62.7 Å². The maximum absolute atomic E-state index is 12.7. The molecule has 4 rings (SSSR count). The predicted octanol–water partition coefficient (Wildman–Crippen LogP) is 2.80. The molecule has 2 heterocycles. The van der Waals surface area contributed by atoms with Gasteiger partial charge in [-0.15, -0.1) is 0 Å². The lowest BCUT2D eigenvalue weighted by atomic mass is 9.74. The molecule has 2 aliphatic heterocycles. The van der Waals surface area contributed by atoms with E-state index in [0.717, 1.165) is 44.5 Å². The minimum Gasteiger partial charge on any atom is -0.391 e. The van der Waals surface area contributed by atoms with Crippen LogP contribution >= 0.6 is 0 Å². The van der Waals surface area contributed by atoms with E-state index >= 15 is 0 Å². The molecule has 0 aromatic heterocycles. The summed E-state index contributed by atoms with van der Waals surface area (Å²) < 4.78 is 6.00. The second-order valence-corrected chi connectivity index (χ2v) is 7.85. The van der Waals surface area contributed by atoms with Gasteiger partial charge in [-0.2, -0.15) is 0 Å². The van der Waals surface area contributed by atoms with Gasteiger partial charge in [0.15, 0.2) is 0 Å². The fourth-order valence-corrected chi connectivity index (χ4v) is 4.37. The van der Waals surface area contributed by atoms with Crippen molar-refractivity contribution in [1.29, 1.82) is 0 Å². The summed E-state index contributed by atoms with van der Waals surface area (Å²) in [5.74, 6) is 0.0184. The number of piperidine rings is 1. The third kappa shape index (κ3) is 3.67. The molecule has 1 aromatic rings. The van der Waals surface area contributed by atoms with Crippen LogP contribution in [0.2, 0.25) is 0 Å². The Morgan fingerprint density at radius 3 is 2.92 bits per heavy atom. The van der Waals surface area contributed by atoms with Gasteiger partial charge in [-0.3, -0.25) is 4.79 Å². The van der Waals surface area contributed by atoms with Gasteiger partial charge in [-0.1, -0.05) is 6.07 Å². The van der Waals surface area contributed by atoms with Gasteiger partial charge in [-0.25, -0.2) is 0 Å². The third-order valence-electron chi connectivity index (χ3n) is 5.92. The Kier molecular flexibility index (Phi) is 4.69. The average molecular weight is 344 g/mol. The number of benzene rings is 1. The third-order valence-corrected chi connectivity index (χ3v) is 5.92. The molecule has 2 saturated heterocycles. The van der Waals surface area contributed by atoms with Crippen molar-refractivity contribution in [2.75, 3.05) is 25.0 Å². The lowest BCUT2D eigenvalue weighted by Crippen LogP contribution is -2.49.